The van der Waals surface area contributed by atoms with Crippen molar-refractivity contribution in [1.29, 1.82) is 0 Å². The Bertz CT molecular complexity index is 384. The molecule has 7 nitrogen and oxygen atoms in total. The second kappa shape index (κ2) is 7.12. The quantitative estimate of drug-likeness (QED) is 0.655. The Kier molecular flexibility index (Phi) is 5.79. The lowest BCUT2D eigenvalue weighted by molar-refractivity contribution is -0.142. The average Bonchev–Trinajstić information content (AvgIpc) is 2.74. The van der Waals surface area contributed by atoms with Crippen LogP contribution in [0.15, 0.2) is 0 Å². The van der Waals surface area contributed by atoms with Crippen LogP contribution in [-0.2, 0) is 9.59 Å². The first-order valence-corrected chi connectivity index (χ1v) is 6.87. The molecular weight excluding hydrogens is 262 g/mol. The van der Waals surface area contributed by atoms with Gasteiger partial charge in [0.05, 0.1) is 5.92 Å². The Morgan fingerprint density at radius 1 is 1.35 bits per heavy atom. The van der Waals surface area contributed by atoms with E-state index in [4.69, 9.17) is 10.8 Å². The first-order valence-electron chi connectivity index (χ1n) is 6.87. The van der Waals surface area contributed by atoms with Crippen molar-refractivity contribution in [3.05, 3.63) is 0 Å². The summed E-state index contributed by atoms with van der Waals surface area (Å²) < 4.78 is 0. The van der Waals surface area contributed by atoms with Crippen LogP contribution in [0.25, 0.3) is 0 Å². The fourth-order valence-corrected chi connectivity index (χ4v) is 2.53. The van der Waals surface area contributed by atoms with Gasteiger partial charge in [0, 0.05) is 12.6 Å². The summed E-state index contributed by atoms with van der Waals surface area (Å²) >= 11 is 0. The molecule has 1 rings (SSSR count). The van der Waals surface area contributed by atoms with E-state index in [0.717, 1.165) is 6.42 Å². The van der Waals surface area contributed by atoms with Crippen molar-refractivity contribution in [2.45, 2.75) is 39.2 Å². The van der Waals surface area contributed by atoms with Crippen molar-refractivity contribution >= 4 is 17.9 Å². The summed E-state index contributed by atoms with van der Waals surface area (Å²) in [5, 5.41) is 11.8. The van der Waals surface area contributed by atoms with Gasteiger partial charge < -0.3 is 21.1 Å². The third-order valence-electron chi connectivity index (χ3n) is 3.36. The molecule has 1 saturated carbocycles. The molecule has 20 heavy (non-hydrogen) atoms. The normalized spacial score (nSPS) is 21.8. The fourth-order valence-electron chi connectivity index (χ4n) is 2.53. The minimum Gasteiger partial charge on any atom is -0.481 e. The van der Waals surface area contributed by atoms with Gasteiger partial charge in [0.15, 0.2) is 0 Å². The molecule has 0 radical (unpaired) electrons. The topological polar surface area (TPSA) is 113 Å². The van der Waals surface area contributed by atoms with Gasteiger partial charge in [-0.1, -0.05) is 20.3 Å². The minimum absolute atomic E-state index is 0.158. The smallest absolute Gasteiger partial charge is 0.318 e. The van der Waals surface area contributed by atoms with Crippen LogP contribution < -0.4 is 11.1 Å². The van der Waals surface area contributed by atoms with E-state index in [1.54, 1.807) is 0 Å². The van der Waals surface area contributed by atoms with E-state index < -0.39 is 23.8 Å². The molecule has 1 fully saturated rings. The Labute approximate surface area is 118 Å². The van der Waals surface area contributed by atoms with Crippen LogP contribution in [0, 0.1) is 11.8 Å². The van der Waals surface area contributed by atoms with Gasteiger partial charge >= 0.3 is 12.0 Å². The van der Waals surface area contributed by atoms with Crippen LogP contribution in [0.2, 0.25) is 0 Å². The van der Waals surface area contributed by atoms with Gasteiger partial charge in [-0.05, 0) is 18.8 Å². The molecule has 3 amide bonds. The van der Waals surface area contributed by atoms with E-state index in [2.05, 4.69) is 5.32 Å². The molecule has 114 valence electrons. The summed E-state index contributed by atoms with van der Waals surface area (Å²) in [6.07, 6.45) is 2.00. The lowest BCUT2D eigenvalue weighted by atomic mass is 10.0. The van der Waals surface area contributed by atoms with Gasteiger partial charge in [-0.3, -0.25) is 9.59 Å². The predicted octanol–water partition coefficient (Wildman–Crippen LogP) is 0.393. The van der Waals surface area contributed by atoms with E-state index in [1.165, 1.54) is 4.90 Å². The molecule has 0 aliphatic heterocycles. The second-order valence-corrected chi connectivity index (χ2v) is 5.67. The number of aliphatic carboxylic acids is 1. The molecule has 0 aromatic rings. The monoisotopic (exact) mass is 285 g/mol. The molecule has 0 spiro atoms. The first kappa shape index (κ1) is 16.3. The summed E-state index contributed by atoms with van der Waals surface area (Å²) in [6.45, 7) is 4.10. The van der Waals surface area contributed by atoms with E-state index in [-0.39, 0.29) is 18.5 Å². The summed E-state index contributed by atoms with van der Waals surface area (Å²) in [6, 6.07) is -0.793. The average molecular weight is 285 g/mol. The third kappa shape index (κ3) is 4.71. The van der Waals surface area contributed by atoms with Crippen molar-refractivity contribution in [3.63, 3.8) is 0 Å². The molecule has 1 aliphatic rings. The van der Waals surface area contributed by atoms with Gasteiger partial charge in [-0.2, -0.15) is 0 Å². The first-order chi connectivity index (χ1) is 9.31. The molecule has 0 aromatic heterocycles. The number of carbonyl (C=O) groups excluding carboxylic acids is 2. The molecular formula is C13H23N3O4. The lowest BCUT2D eigenvalue weighted by Gasteiger charge is -2.26. The van der Waals surface area contributed by atoms with Gasteiger partial charge in [0.1, 0.15) is 6.54 Å². The number of carboxylic acid groups (broad SMARTS) is 1. The van der Waals surface area contributed by atoms with E-state index >= 15 is 0 Å². The maximum atomic E-state index is 12.2. The number of nitrogens with one attached hydrogen (secondary N) is 1. The number of rotatable bonds is 6. The van der Waals surface area contributed by atoms with Crippen molar-refractivity contribution < 1.29 is 19.5 Å². The fraction of sp³-hybridized carbons (Fsp3) is 0.769. The summed E-state index contributed by atoms with van der Waals surface area (Å²) in [7, 11) is 0. The summed E-state index contributed by atoms with van der Waals surface area (Å²) in [4.78, 5) is 35.6. The van der Waals surface area contributed by atoms with Gasteiger partial charge in [-0.25, -0.2) is 4.79 Å². The van der Waals surface area contributed by atoms with Crippen molar-refractivity contribution in [1.82, 2.24) is 10.2 Å². The van der Waals surface area contributed by atoms with Gasteiger partial charge in [0.2, 0.25) is 5.91 Å². The highest BCUT2D eigenvalue weighted by Crippen LogP contribution is 2.26. The standard InChI is InChI=1S/C13H23N3O4/c1-8(2)6-16(7-11(14)17)13(20)15-10-5-3-4-9(10)12(18)19/h8-10H,3-7H2,1-2H3,(H2,14,17)(H,15,20)(H,18,19). The number of nitrogens with zero attached hydrogens (tertiary/aromatic N) is 1. The number of hydrogen-bond donors (Lipinski definition) is 3. The molecule has 1 aliphatic carbocycles. The molecule has 7 heteroatoms. The highest BCUT2D eigenvalue weighted by atomic mass is 16.4. The zero-order chi connectivity index (χ0) is 15.3. The van der Waals surface area contributed by atoms with Crippen LogP contribution in [0.5, 0.6) is 0 Å². The molecule has 2 unspecified atom stereocenters. The molecule has 0 heterocycles. The molecule has 0 saturated heterocycles. The Hall–Kier alpha value is -1.79. The third-order valence-corrected chi connectivity index (χ3v) is 3.36. The highest BCUT2D eigenvalue weighted by Gasteiger charge is 2.34. The largest absolute Gasteiger partial charge is 0.481 e. The zero-order valence-corrected chi connectivity index (χ0v) is 12.0. The van der Waals surface area contributed by atoms with Gasteiger partial charge in [0.25, 0.3) is 0 Å². The van der Waals surface area contributed by atoms with Crippen molar-refractivity contribution in [3.8, 4) is 0 Å². The number of hydrogen-bond acceptors (Lipinski definition) is 3. The Morgan fingerprint density at radius 3 is 2.50 bits per heavy atom. The van der Waals surface area contributed by atoms with Gasteiger partial charge in [-0.15, -0.1) is 0 Å². The van der Waals surface area contributed by atoms with Crippen LogP contribution in [-0.4, -0.2) is 47.0 Å². The van der Waals surface area contributed by atoms with E-state index in [0.29, 0.717) is 19.4 Å². The van der Waals surface area contributed by atoms with Crippen molar-refractivity contribution in [2.75, 3.05) is 13.1 Å². The number of carbonyl (C=O) groups is 3. The van der Waals surface area contributed by atoms with Crippen LogP contribution >= 0.6 is 0 Å². The summed E-state index contributed by atoms with van der Waals surface area (Å²) in [5.74, 6) is -1.83. The second-order valence-electron chi connectivity index (χ2n) is 5.67. The van der Waals surface area contributed by atoms with Crippen LogP contribution in [0.1, 0.15) is 33.1 Å². The number of carboxylic acids is 1. The number of amides is 3. The summed E-state index contributed by atoms with van der Waals surface area (Å²) in [5.41, 5.74) is 5.14. The lowest BCUT2D eigenvalue weighted by Crippen LogP contribution is -2.50. The maximum Gasteiger partial charge on any atom is 0.318 e. The molecule has 2 atom stereocenters. The van der Waals surface area contributed by atoms with E-state index in [1.807, 2.05) is 13.8 Å². The maximum absolute atomic E-state index is 12.2. The number of primary amides is 1. The van der Waals surface area contributed by atoms with Crippen LogP contribution in [0.3, 0.4) is 0 Å². The zero-order valence-electron chi connectivity index (χ0n) is 12.0. The molecule has 4 N–H and O–H groups in total. The predicted molar refractivity (Wildman–Crippen MR) is 72.9 cm³/mol. The Morgan fingerprint density at radius 2 is 2.00 bits per heavy atom. The highest BCUT2D eigenvalue weighted by molar-refractivity contribution is 5.83. The van der Waals surface area contributed by atoms with Crippen LogP contribution in [0.4, 0.5) is 4.79 Å². The number of nitrogens with two attached hydrogens (primary N) is 1. The van der Waals surface area contributed by atoms with Crippen molar-refractivity contribution in [2.24, 2.45) is 17.6 Å². The van der Waals surface area contributed by atoms with E-state index in [9.17, 15) is 14.4 Å². The Balaban J connectivity index is 2.65. The SMILES string of the molecule is CC(C)CN(CC(N)=O)C(=O)NC1CCCC1C(=O)O. The molecule has 0 aromatic carbocycles. The molecule has 0 bridgehead atoms. The minimum atomic E-state index is -0.891. The number of urea groups is 1.